The monoisotopic (exact) mass is 370 g/mol. The summed E-state index contributed by atoms with van der Waals surface area (Å²) >= 11 is 0. The van der Waals surface area contributed by atoms with Crippen LogP contribution in [0.25, 0.3) is 0 Å². The van der Waals surface area contributed by atoms with Crippen LogP contribution in [-0.2, 0) is 9.53 Å². The largest absolute Gasteiger partial charge is 0.469 e. The van der Waals surface area contributed by atoms with Crippen LogP contribution in [-0.4, -0.2) is 57.1 Å². The first-order chi connectivity index (χ1) is 11.6. The third-order valence-electron chi connectivity index (χ3n) is 5.23. The SMILES string of the molecule is COC(=O)C(C)CN1CCN([Si](CC(C)C)(CC(C)C)CC(C)C)C1. The van der Waals surface area contributed by atoms with E-state index in [-0.39, 0.29) is 11.9 Å². The van der Waals surface area contributed by atoms with Crippen molar-refractivity contribution in [1.82, 2.24) is 9.47 Å². The molecule has 0 saturated carbocycles. The molecule has 0 aromatic carbocycles. The van der Waals surface area contributed by atoms with Crippen LogP contribution in [0.1, 0.15) is 48.5 Å². The molecule has 1 heterocycles. The van der Waals surface area contributed by atoms with E-state index in [1.54, 1.807) is 0 Å². The number of esters is 1. The fraction of sp³-hybridized carbons (Fsp3) is 0.950. The van der Waals surface area contributed by atoms with Gasteiger partial charge in [-0.05, 0) is 35.9 Å². The maximum atomic E-state index is 11.8. The number of methoxy groups -OCH3 is 1. The van der Waals surface area contributed by atoms with Gasteiger partial charge in [0, 0.05) is 26.3 Å². The quantitative estimate of drug-likeness (QED) is 0.424. The molecule has 4 nitrogen and oxygen atoms in total. The van der Waals surface area contributed by atoms with Crippen molar-refractivity contribution in [3.05, 3.63) is 0 Å². The summed E-state index contributed by atoms with van der Waals surface area (Å²) in [5, 5.41) is 0. The molecule has 148 valence electrons. The Morgan fingerprint density at radius 2 is 1.40 bits per heavy atom. The molecule has 25 heavy (non-hydrogen) atoms. The smallest absolute Gasteiger partial charge is 0.309 e. The van der Waals surface area contributed by atoms with Crippen molar-refractivity contribution in [3.8, 4) is 0 Å². The number of carbonyl (C=O) groups excluding carboxylic acids is 1. The third kappa shape index (κ3) is 7.03. The molecule has 1 atom stereocenters. The number of hydrogen-bond donors (Lipinski definition) is 0. The Labute approximate surface area is 157 Å². The summed E-state index contributed by atoms with van der Waals surface area (Å²) in [5.41, 5.74) is 0. The van der Waals surface area contributed by atoms with E-state index in [4.69, 9.17) is 4.74 Å². The third-order valence-corrected chi connectivity index (χ3v) is 11.7. The van der Waals surface area contributed by atoms with Crippen LogP contribution in [0.5, 0.6) is 0 Å². The molecule has 1 unspecified atom stereocenters. The van der Waals surface area contributed by atoms with Gasteiger partial charge in [0.2, 0.25) is 0 Å². The topological polar surface area (TPSA) is 32.8 Å². The standard InChI is InChI=1S/C20H42N2O2Si/c1-16(2)12-25(13-17(3)4,14-18(5)6)22-10-9-21(15-22)11-19(7)20(23)24-8/h16-19H,9-15H2,1-8H3. The van der Waals surface area contributed by atoms with E-state index in [1.165, 1.54) is 31.8 Å². The van der Waals surface area contributed by atoms with E-state index in [2.05, 4.69) is 51.0 Å². The Bertz CT molecular complexity index is 386. The van der Waals surface area contributed by atoms with Gasteiger partial charge in [-0.15, -0.1) is 0 Å². The minimum absolute atomic E-state index is 0.0405. The van der Waals surface area contributed by atoms with E-state index in [0.29, 0.717) is 0 Å². The van der Waals surface area contributed by atoms with Gasteiger partial charge in [-0.2, -0.15) is 0 Å². The maximum absolute atomic E-state index is 11.8. The van der Waals surface area contributed by atoms with Crippen LogP contribution in [0.4, 0.5) is 0 Å². The molecule has 5 heteroatoms. The van der Waals surface area contributed by atoms with E-state index in [1.807, 2.05) is 6.92 Å². The Balaban J connectivity index is 2.89. The molecule has 0 aromatic rings. The number of rotatable bonds is 10. The molecule has 0 aromatic heterocycles. The molecular formula is C20H42N2O2Si. The van der Waals surface area contributed by atoms with Gasteiger partial charge >= 0.3 is 5.97 Å². The fourth-order valence-corrected chi connectivity index (χ4v) is 11.7. The van der Waals surface area contributed by atoms with Crippen molar-refractivity contribution in [2.75, 3.05) is 33.4 Å². The highest BCUT2D eigenvalue weighted by molar-refractivity contribution is 6.77. The van der Waals surface area contributed by atoms with Crippen molar-refractivity contribution in [2.24, 2.45) is 23.7 Å². The molecule has 0 amide bonds. The normalized spacial score (nSPS) is 18.5. The van der Waals surface area contributed by atoms with Crippen molar-refractivity contribution in [3.63, 3.8) is 0 Å². The van der Waals surface area contributed by atoms with Gasteiger partial charge in [0.1, 0.15) is 8.24 Å². The highest BCUT2D eigenvalue weighted by Gasteiger charge is 2.43. The molecule has 1 aliphatic rings. The second-order valence-corrected chi connectivity index (χ2v) is 13.7. The van der Waals surface area contributed by atoms with Gasteiger partial charge < -0.3 is 9.30 Å². The molecule has 0 radical (unpaired) electrons. The van der Waals surface area contributed by atoms with Crippen molar-refractivity contribution >= 4 is 14.2 Å². The summed E-state index contributed by atoms with van der Waals surface area (Å²) in [6.45, 7) is 20.4. The summed E-state index contributed by atoms with van der Waals surface area (Å²) in [6, 6.07) is 4.18. The Kier molecular flexibility index (Phi) is 9.13. The summed E-state index contributed by atoms with van der Waals surface area (Å²) in [6.07, 6.45) is 0. The lowest BCUT2D eigenvalue weighted by molar-refractivity contribution is -0.145. The molecule has 1 aliphatic heterocycles. The zero-order chi connectivity index (χ0) is 19.2. The highest BCUT2D eigenvalue weighted by Crippen LogP contribution is 2.36. The lowest BCUT2D eigenvalue weighted by atomic mass is 10.2. The van der Waals surface area contributed by atoms with E-state index in [0.717, 1.165) is 37.5 Å². The minimum Gasteiger partial charge on any atom is -0.469 e. The second kappa shape index (κ2) is 10.1. The molecule has 1 fully saturated rings. The number of nitrogens with zero attached hydrogens (tertiary/aromatic N) is 2. The van der Waals surface area contributed by atoms with Gasteiger partial charge in [-0.1, -0.05) is 48.5 Å². The van der Waals surface area contributed by atoms with Crippen molar-refractivity contribution in [1.29, 1.82) is 0 Å². The zero-order valence-corrected chi connectivity index (χ0v) is 19.0. The molecule has 0 spiro atoms. The Morgan fingerprint density at radius 3 is 1.80 bits per heavy atom. The molecule has 0 N–H and O–H groups in total. The van der Waals surface area contributed by atoms with Gasteiger partial charge in [-0.25, -0.2) is 0 Å². The van der Waals surface area contributed by atoms with Gasteiger partial charge in [0.25, 0.3) is 0 Å². The van der Waals surface area contributed by atoms with Crippen LogP contribution in [0.3, 0.4) is 0 Å². The first-order valence-electron chi connectivity index (χ1n) is 10.1. The van der Waals surface area contributed by atoms with Crippen LogP contribution in [0.2, 0.25) is 18.1 Å². The van der Waals surface area contributed by atoms with Gasteiger partial charge in [-0.3, -0.25) is 9.69 Å². The highest BCUT2D eigenvalue weighted by atomic mass is 28.3. The van der Waals surface area contributed by atoms with Crippen LogP contribution >= 0.6 is 0 Å². The van der Waals surface area contributed by atoms with E-state index < -0.39 is 8.24 Å². The predicted molar refractivity (Wildman–Crippen MR) is 109 cm³/mol. The fourth-order valence-electron chi connectivity index (χ4n) is 4.76. The van der Waals surface area contributed by atoms with E-state index >= 15 is 0 Å². The van der Waals surface area contributed by atoms with E-state index in [9.17, 15) is 4.79 Å². The minimum atomic E-state index is -1.50. The molecule has 1 saturated heterocycles. The van der Waals surface area contributed by atoms with Gasteiger partial charge in [0.15, 0.2) is 0 Å². The molecule has 0 aliphatic carbocycles. The van der Waals surface area contributed by atoms with Gasteiger partial charge in [0.05, 0.1) is 13.0 Å². The number of ether oxygens (including phenoxy) is 1. The molecule has 1 rings (SSSR count). The van der Waals surface area contributed by atoms with Crippen molar-refractivity contribution in [2.45, 2.75) is 66.6 Å². The summed E-state index contributed by atoms with van der Waals surface area (Å²) in [4.78, 5) is 14.2. The lowest BCUT2D eigenvalue weighted by Gasteiger charge is -2.44. The van der Waals surface area contributed by atoms with Crippen LogP contribution in [0, 0.1) is 23.7 Å². The maximum Gasteiger partial charge on any atom is 0.309 e. The summed E-state index contributed by atoms with van der Waals surface area (Å²) in [7, 11) is -0.0175. The van der Waals surface area contributed by atoms with Crippen LogP contribution in [0.15, 0.2) is 0 Å². The zero-order valence-electron chi connectivity index (χ0n) is 18.0. The Morgan fingerprint density at radius 1 is 0.920 bits per heavy atom. The lowest BCUT2D eigenvalue weighted by Crippen LogP contribution is -2.55. The predicted octanol–water partition coefficient (Wildman–Crippen LogP) is 4.28. The average molecular weight is 371 g/mol. The average Bonchev–Trinajstić information content (AvgIpc) is 2.93. The Hall–Kier alpha value is -0.393. The van der Waals surface area contributed by atoms with Crippen LogP contribution < -0.4 is 0 Å². The second-order valence-electron chi connectivity index (χ2n) is 9.42. The summed E-state index contributed by atoms with van der Waals surface area (Å²) in [5.74, 6) is 2.14. The molecular weight excluding hydrogens is 328 g/mol. The first-order valence-corrected chi connectivity index (χ1v) is 12.7. The first kappa shape index (κ1) is 22.6. The van der Waals surface area contributed by atoms with Crippen molar-refractivity contribution < 1.29 is 9.53 Å². The summed E-state index contributed by atoms with van der Waals surface area (Å²) < 4.78 is 7.76. The molecule has 0 bridgehead atoms. The number of hydrogen-bond acceptors (Lipinski definition) is 4. The number of carbonyl (C=O) groups is 1.